The third-order valence-electron chi connectivity index (χ3n) is 3.95. The molecule has 2 fully saturated rings. The number of hydrogen-bond acceptors (Lipinski definition) is 4. The Morgan fingerprint density at radius 3 is 3.12 bits per heavy atom. The van der Waals surface area contributed by atoms with Crippen LogP contribution in [0.25, 0.3) is 0 Å². The molecule has 1 aliphatic carbocycles. The van der Waals surface area contributed by atoms with Gasteiger partial charge >= 0.3 is 0 Å². The Morgan fingerprint density at radius 1 is 1.47 bits per heavy atom. The Labute approximate surface area is 109 Å². The van der Waals surface area contributed by atoms with Crippen LogP contribution >= 0.6 is 22.9 Å². The molecule has 0 aromatic carbocycles. The molecule has 3 nitrogen and oxygen atoms in total. The maximum absolute atomic E-state index is 6.04. The molecule has 5 rings (SSSR count). The van der Waals surface area contributed by atoms with E-state index < -0.39 is 0 Å². The Hall–Kier alpha value is -0.740. The molecular formula is C12H13ClN2OS. The minimum atomic E-state index is 0.241. The molecule has 3 aliphatic heterocycles. The van der Waals surface area contributed by atoms with Crippen molar-refractivity contribution in [2.75, 3.05) is 13.1 Å². The van der Waals surface area contributed by atoms with E-state index in [1.54, 1.807) is 0 Å². The maximum atomic E-state index is 6.04. The van der Waals surface area contributed by atoms with Crippen molar-refractivity contribution in [1.29, 1.82) is 0 Å². The molecule has 0 spiro atoms. The first-order chi connectivity index (χ1) is 8.28. The van der Waals surface area contributed by atoms with Crippen molar-refractivity contribution < 1.29 is 4.74 Å². The van der Waals surface area contributed by atoms with Crippen molar-refractivity contribution in [2.24, 2.45) is 11.8 Å². The molecule has 5 heteroatoms. The molecule has 17 heavy (non-hydrogen) atoms. The maximum Gasteiger partial charge on any atom is 0.275 e. The fourth-order valence-corrected chi connectivity index (χ4v) is 4.27. The molecule has 0 N–H and O–H groups in total. The second kappa shape index (κ2) is 3.62. The summed E-state index contributed by atoms with van der Waals surface area (Å²) in [6, 6.07) is 0. The summed E-state index contributed by atoms with van der Waals surface area (Å²) in [4.78, 5) is 6.63. The van der Waals surface area contributed by atoms with E-state index in [9.17, 15) is 0 Å². The molecule has 90 valence electrons. The lowest BCUT2D eigenvalue weighted by Gasteiger charge is -2.50. The van der Waals surface area contributed by atoms with Crippen molar-refractivity contribution in [3.05, 3.63) is 22.3 Å². The van der Waals surface area contributed by atoms with E-state index in [1.165, 1.54) is 36.3 Å². The van der Waals surface area contributed by atoms with Crippen LogP contribution in [0.15, 0.2) is 17.2 Å². The smallest absolute Gasteiger partial charge is 0.275 e. The molecule has 1 aromatic rings. The van der Waals surface area contributed by atoms with Gasteiger partial charge in [-0.05, 0) is 24.3 Å². The van der Waals surface area contributed by atoms with E-state index in [0.29, 0.717) is 16.3 Å². The Morgan fingerprint density at radius 2 is 2.41 bits per heavy atom. The number of hydrogen-bond donors (Lipinski definition) is 0. The van der Waals surface area contributed by atoms with Gasteiger partial charge in [0.05, 0.1) is 0 Å². The van der Waals surface area contributed by atoms with Gasteiger partial charge in [0.25, 0.3) is 5.19 Å². The van der Waals surface area contributed by atoms with Crippen LogP contribution in [0, 0.1) is 11.8 Å². The third-order valence-corrected chi connectivity index (χ3v) is 5.00. The molecule has 0 amide bonds. The number of piperidine rings is 1. The van der Waals surface area contributed by atoms with E-state index in [-0.39, 0.29) is 6.10 Å². The molecule has 2 unspecified atom stereocenters. The zero-order chi connectivity index (χ0) is 11.4. The molecule has 1 saturated carbocycles. The minimum Gasteiger partial charge on any atom is -0.462 e. The van der Waals surface area contributed by atoms with Crippen LogP contribution in [0.5, 0.6) is 5.19 Å². The van der Waals surface area contributed by atoms with Crippen LogP contribution in [0.1, 0.15) is 12.8 Å². The summed E-state index contributed by atoms with van der Waals surface area (Å²) in [5, 5.41) is 3.07. The lowest BCUT2D eigenvalue weighted by molar-refractivity contribution is 0.0276. The molecule has 0 radical (unpaired) electrons. The summed E-state index contributed by atoms with van der Waals surface area (Å²) < 4.78 is 6.04. The normalized spacial score (nSPS) is 34.1. The van der Waals surface area contributed by atoms with Gasteiger partial charge in [-0.25, -0.2) is 0 Å². The van der Waals surface area contributed by atoms with Gasteiger partial charge in [-0.3, -0.25) is 0 Å². The first-order valence-corrected chi connectivity index (χ1v) is 7.26. The lowest BCUT2D eigenvalue weighted by Crippen LogP contribution is -2.53. The molecule has 4 aliphatic rings. The molecule has 3 atom stereocenters. The second-order valence-corrected chi connectivity index (χ2v) is 6.41. The summed E-state index contributed by atoms with van der Waals surface area (Å²) in [6.45, 7) is 2.39. The summed E-state index contributed by atoms with van der Waals surface area (Å²) >= 11 is 7.31. The zero-order valence-corrected chi connectivity index (χ0v) is 10.9. The summed E-state index contributed by atoms with van der Waals surface area (Å²) in [7, 11) is 0. The standard InChI is InChI=1S/C12H13ClN2OS/c13-10-6-17-12(14-10)16-11-8-1-7-2-9(11)5-15(3-7)4-8/h4,6-7,9,11H,1-3,5H2/t7?,9?,11-/m1/s1. The van der Waals surface area contributed by atoms with Gasteiger partial charge < -0.3 is 9.64 Å². The van der Waals surface area contributed by atoms with E-state index >= 15 is 0 Å². The monoisotopic (exact) mass is 268 g/mol. The summed E-state index contributed by atoms with van der Waals surface area (Å²) in [5.74, 6) is 1.50. The highest BCUT2D eigenvalue weighted by Gasteiger charge is 2.44. The van der Waals surface area contributed by atoms with Crippen molar-refractivity contribution in [2.45, 2.75) is 18.9 Å². The van der Waals surface area contributed by atoms with Crippen molar-refractivity contribution in [3.8, 4) is 5.19 Å². The molecule has 4 heterocycles. The SMILES string of the molecule is Clc1csc(O[C@@H]2C3=CN4CC(C3)CC2C4)n1. The summed E-state index contributed by atoms with van der Waals surface area (Å²) in [6.07, 6.45) is 5.05. The van der Waals surface area contributed by atoms with Gasteiger partial charge in [-0.1, -0.05) is 22.9 Å². The third kappa shape index (κ3) is 1.66. The summed E-state index contributed by atoms with van der Waals surface area (Å²) in [5.41, 5.74) is 1.45. The largest absolute Gasteiger partial charge is 0.462 e. The number of ether oxygens (including phenoxy) is 1. The van der Waals surface area contributed by atoms with Crippen molar-refractivity contribution in [3.63, 3.8) is 0 Å². The predicted molar refractivity (Wildman–Crippen MR) is 67.4 cm³/mol. The fourth-order valence-electron chi connectivity index (χ4n) is 3.44. The van der Waals surface area contributed by atoms with Gasteiger partial charge in [-0.2, -0.15) is 4.98 Å². The van der Waals surface area contributed by atoms with Gasteiger partial charge in [-0.15, -0.1) is 0 Å². The lowest BCUT2D eigenvalue weighted by atomic mass is 9.71. The van der Waals surface area contributed by atoms with Crippen LogP contribution in [-0.4, -0.2) is 29.1 Å². The van der Waals surface area contributed by atoms with E-state index in [4.69, 9.17) is 16.3 Å². The highest BCUT2D eigenvalue weighted by molar-refractivity contribution is 7.11. The Balaban J connectivity index is 1.60. The Kier molecular flexibility index (Phi) is 2.18. The number of rotatable bonds is 2. The van der Waals surface area contributed by atoms with Gasteiger partial charge in [0.2, 0.25) is 0 Å². The number of aromatic nitrogens is 1. The van der Waals surface area contributed by atoms with Crippen LogP contribution in [0.3, 0.4) is 0 Å². The van der Waals surface area contributed by atoms with Crippen LogP contribution in [-0.2, 0) is 0 Å². The molecule has 1 saturated heterocycles. The van der Waals surface area contributed by atoms with Gasteiger partial charge in [0.1, 0.15) is 11.3 Å². The van der Waals surface area contributed by atoms with Crippen LogP contribution in [0.4, 0.5) is 0 Å². The average molecular weight is 269 g/mol. The topological polar surface area (TPSA) is 25.4 Å². The quantitative estimate of drug-likeness (QED) is 0.825. The predicted octanol–water partition coefficient (Wildman–Crippen LogP) is 2.78. The second-order valence-electron chi connectivity index (χ2n) is 5.20. The highest BCUT2D eigenvalue weighted by atomic mass is 35.5. The first kappa shape index (κ1) is 10.2. The number of halogens is 1. The molecule has 1 aromatic heterocycles. The van der Waals surface area contributed by atoms with Crippen LogP contribution < -0.4 is 4.74 Å². The molecular weight excluding hydrogens is 256 g/mol. The Bertz CT molecular complexity index is 487. The minimum absolute atomic E-state index is 0.241. The fraction of sp³-hybridized carbons (Fsp3) is 0.583. The number of nitrogens with zero attached hydrogens (tertiary/aromatic N) is 2. The van der Waals surface area contributed by atoms with Crippen molar-refractivity contribution >= 4 is 22.9 Å². The highest BCUT2D eigenvalue weighted by Crippen LogP contribution is 2.44. The van der Waals surface area contributed by atoms with Gasteiger partial charge in [0.15, 0.2) is 0 Å². The van der Waals surface area contributed by atoms with Crippen LogP contribution in [0.2, 0.25) is 5.15 Å². The zero-order valence-electron chi connectivity index (χ0n) is 9.30. The first-order valence-electron chi connectivity index (χ1n) is 6.00. The number of thiazole rings is 1. The van der Waals surface area contributed by atoms with E-state index in [0.717, 1.165) is 12.5 Å². The van der Waals surface area contributed by atoms with E-state index in [2.05, 4.69) is 16.1 Å². The van der Waals surface area contributed by atoms with E-state index in [1.807, 2.05) is 5.38 Å². The van der Waals surface area contributed by atoms with Gasteiger partial charge in [0, 0.05) is 30.6 Å². The average Bonchev–Trinajstić information content (AvgIpc) is 2.68. The molecule has 4 bridgehead atoms. The van der Waals surface area contributed by atoms with Crippen molar-refractivity contribution in [1.82, 2.24) is 9.88 Å².